The van der Waals surface area contributed by atoms with E-state index in [2.05, 4.69) is 5.32 Å². The van der Waals surface area contributed by atoms with Crippen LogP contribution in [0.4, 0.5) is 5.69 Å². The fourth-order valence-corrected chi connectivity index (χ4v) is 2.46. The van der Waals surface area contributed by atoms with Crippen LogP contribution in [0.25, 0.3) is 0 Å². The molecule has 0 aromatic heterocycles. The van der Waals surface area contributed by atoms with Crippen molar-refractivity contribution in [3.8, 4) is 11.8 Å². The van der Waals surface area contributed by atoms with Crippen LogP contribution in [0.1, 0.15) is 26.3 Å². The molecule has 0 radical (unpaired) electrons. The average molecular weight is 335 g/mol. The van der Waals surface area contributed by atoms with E-state index in [1.54, 1.807) is 30.3 Å². The number of para-hydroxylation sites is 1. The van der Waals surface area contributed by atoms with Crippen LogP contribution in [0.2, 0.25) is 0 Å². The molecule has 0 atom stereocenters. The average Bonchev–Trinajstić information content (AvgIpc) is 2.84. The van der Waals surface area contributed by atoms with Crippen LogP contribution >= 0.6 is 0 Å². The van der Waals surface area contributed by atoms with E-state index in [1.807, 2.05) is 6.07 Å². The Labute approximate surface area is 143 Å². The van der Waals surface area contributed by atoms with Gasteiger partial charge in [0, 0.05) is 12.7 Å². The molecule has 0 spiro atoms. The molecule has 25 heavy (non-hydrogen) atoms. The van der Waals surface area contributed by atoms with Gasteiger partial charge in [0.15, 0.2) is 6.61 Å². The minimum absolute atomic E-state index is 0.251. The molecule has 7 nitrogen and oxygen atoms in total. The number of nitrogens with zero attached hydrogens (tertiary/aromatic N) is 2. The zero-order valence-electron chi connectivity index (χ0n) is 13.3. The number of fused-ring (bicyclic) bond motifs is 1. The Morgan fingerprint density at radius 1 is 1.16 bits per heavy atom. The lowest BCUT2D eigenvalue weighted by atomic mass is 10.1. The highest BCUT2D eigenvalue weighted by molar-refractivity contribution is 6.21. The van der Waals surface area contributed by atoms with Gasteiger partial charge in [0.25, 0.3) is 17.7 Å². The Balaban J connectivity index is 1.68. The van der Waals surface area contributed by atoms with Crippen LogP contribution in [-0.4, -0.2) is 36.3 Å². The number of hydrogen-bond donors (Lipinski definition) is 1. The van der Waals surface area contributed by atoms with Crippen molar-refractivity contribution in [3.05, 3.63) is 59.2 Å². The van der Waals surface area contributed by atoms with E-state index in [0.717, 1.165) is 4.90 Å². The lowest BCUT2D eigenvalue weighted by Gasteiger charge is -2.09. The van der Waals surface area contributed by atoms with Gasteiger partial charge in [-0.3, -0.25) is 19.3 Å². The van der Waals surface area contributed by atoms with Gasteiger partial charge in [0.2, 0.25) is 0 Å². The zero-order valence-corrected chi connectivity index (χ0v) is 13.3. The van der Waals surface area contributed by atoms with E-state index in [4.69, 9.17) is 10.00 Å². The molecule has 0 saturated heterocycles. The van der Waals surface area contributed by atoms with Crippen molar-refractivity contribution in [3.63, 3.8) is 0 Å². The van der Waals surface area contributed by atoms with Crippen LogP contribution in [0.15, 0.2) is 42.5 Å². The summed E-state index contributed by atoms with van der Waals surface area (Å²) >= 11 is 0. The second-order valence-corrected chi connectivity index (χ2v) is 5.37. The van der Waals surface area contributed by atoms with Crippen molar-refractivity contribution in [2.75, 3.05) is 19.0 Å². The van der Waals surface area contributed by atoms with Crippen molar-refractivity contribution in [2.24, 2.45) is 0 Å². The summed E-state index contributed by atoms with van der Waals surface area (Å²) in [7, 11) is 1.41. The molecule has 3 rings (SSSR count). The number of nitrogens with one attached hydrogen (secondary N) is 1. The van der Waals surface area contributed by atoms with Gasteiger partial charge in [-0.1, -0.05) is 12.1 Å². The summed E-state index contributed by atoms with van der Waals surface area (Å²) in [5.41, 5.74) is 1.28. The first-order valence-corrected chi connectivity index (χ1v) is 7.39. The van der Waals surface area contributed by atoms with Gasteiger partial charge in [-0.05, 0) is 30.3 Å². The zero-order chi connectivity index (χ0) is 18.0. The fourth-order valence-electron chi connectivity index (χ4n) is 2.46. The van der Waals surface area contributed by atoms with Crippen LogP contribution in [0.3, 0.4) is 0 Å². The van der Waals surface area contributed by atoms with Gasteiger partial charge in [-0.2, -0.15) is 5.26 Å². The Morgan fingerprint density at radius 2 is 1.88 bits per heavy atom. The summed E-state index contributed by atoms with van der Waals surface area (Å²) in [6.07, 6.45) is 0. The number of carbonyl (C=O) groups is 3. The first-order valence-electron chi connectivity index (χ1n) is 7.39. The smallest absolute Gasteiger partial charge is 0.262 e. The molecule has 0 aliphatic carbocycles. The normalized spacial score (nSPS) is 12.6. The van der Waals surface area contributed by atoms with E-state index in [9.17, 15) is 14.4 Å². The second-order valence-electron chi connectivity index (χ2n) is 5.37. The number of nitriles is 1. The second kappa shape index (κ2) is 6.45. The van der Waals surface area contributed by atoms with Crippen LogP contribution < -0.4 is 10.1 Å². The first kappa shape index (κ1) is 16.2. The Kier molecular flexibility index (Phi) is 4.18. The molecule has 0 unspecified atom stereocenters. The fraction of sp³-hybridized carbons (Fsp3) is 0.111. The molecule has 7 heteroatoms. The van der Waals surface area contributed by atoms with Gasteiger partial charge in [-0.15, -0.1) is 0 Å². The lowest BCUT2D eigenvalue weighted by Crippen LogP contribution is -2.24. The number of imide groups is 1. The van der Waals surface area contributed by atoms with Crippen LogP contribution in [-0.2, 0) is 4.79 Å². The molecule has 1 N–H and O–H groups in total. The number of benzene rings is 2. The summed E-state index contributed by atoms with van der Waals surface area (Å²) in [6, 6.07) is 13.1. The Morgan fingerprint density at radius 3 is 2.64 bits per heavy atom. The van der Waals surface area contributed by atoms with Gasteiger partial charge in [-0.25, -0.2) is 0 Å². The number of rotatable bonds is 4. The van der Waals surface area contributed by atoms with Crippen molar-refractivity contribution in [1.29, 1.82) is 5.26 Å². The number of amides is 3. The molecule has 0 saturated carbocycles. The summed E-state index contributed by atoms with van der Waals surface area (Å²) < 4.78 is 5.35. The molecular weight excluding hydrogens is 322 g/mol. The molecule has 124 valence electrons. The first-order chi connectivity index (χ1) is 12.0. The summed E-state index contributed by atoms with van der Waals surface area (Å²) in [4.78, 5) is 36.8. The molecule has 1 heterocycles. The highest BCUT2D eigenvalue weighted by Crippen LogP contribution is 2.24. The van der Waals surface area contributed by atoms with Gasteiger partial charge < -0.3 is 10.1 Å². The molecule has 3 amide bonds. The van der Waals surface area contributed by atoms with Crippen molar-refractivity contribution < 1.29 is 19.1 Å². The molecule has 0 fully saturated rings. The van der Waals surface area contributed by atoms with Crippen molar-refractivity contribution in [1.82, 2.24) is 4.90 Å². The van der Waals surface area contributed by atoms with Crippen molar-refractivity contribution >= 4 is 23.4 Å². The third-order valence-corrected chi connectivity index (χ3v) is 3.74. The highest BCUT2D eigenvalue weighted by Gasteiger charge is 2.32. The maximum Gasteiger partial charge on any atom is 0.262 e. The number of ether oxygens (including phenoxy) is 1. The molecule has 0 bridgehead atoms. The van der Waals surface area contributed by atoms with Crippen molar-refractivity contribution in [2.45, 2.75) is 0 Å². The van der Waals surface area contributed by atoms with E-state index in [1.165, 1.54) is 19.2 Å². The molecule has 1 aliphatic rings. The highest BCUT2D eigenvalue weighted by atomic mass is 16.5. The maximum absolute atomic E-state index is 12.0. The van der Waals surface area contributed by atoms with E-state index < -0.39 is 11.8 Å². The SMILES string of the molecule is CN1C(=O)c2ccc(NC(=O)COc3ccccc3C#N)cc2C1=O. The standard InChI is InChI=1S/C18H13N3O4/c1-21-17(23)13-7-6-12(8-14(13)18(21)24)20-16(22)10-25-15-5-3-2-4-11(15)9-19/h2-8H,10H2,1H3,(H,20,22). The molecule has 2 aromatic carbocycles. The largest absolute Gasteiger partial charge is 0.482 e. The predicted molar refractivity (Wildman–Crippen MR) is 88.1 cm³/mol. The van der Waals surface area contributed by atoms with Crippen LogP contribution in [0.5, 0.6) is 5.75 Å². The summed E-state index contributed by atoms with van der Waals surface area (Å²) in [5, 5.41) is 11.6. The number of carbonyl (C=O) groups excluding carboxylic acids is 3. The van der Waals surface area contributed by atoms with Gasteiger partial charge in [0.1, 0.15) is 11.8 Å². The third-order valence-electron chi connectivity index (χ3n) is 3.74. The lowest BCUT2D eigenvalue weighted by molar-refractivity contribution is -0.118. The molecule has 2 aromatic rings. The van der Waals surface area contributed by atoms with E-state index in [-0.39, 0.29) is 18.1 Å². The van der Waals surface area contributed by atoms with E-state index >= 15 is 0 Å². The molecule has 1 aliphatic heterocycles. The van der Waals surface area contributed by atoms with Gasteiger partial charge in [0.05, 0.1) is 16.7 Å². The minimum atomic E-state index is -0.446. The number of hydrogen-bond acceptors (Lipinski definition) is 5. The minimum Gasteiger partial charge on any atom is -0.482 e. The maximum atomic E-state index is 12.0. The monoisotopic (exact) mass is 335 g/mol. The quantitative estimate of drug-likeness (QED) is 0.859. The third kappa shape index (κ3) is 3.05. The number of anilines is 1. The summed E-state index contributed by atoms with van der Waals surface area (Å²) in [6.45, 7) is -0.289. The van der Waals surface area contributed by atoms with E-state index in [0.29, 0.717) is 22.6 Å². The Bertz CT molecular complexity index is 930. The molecular formula is C18H13N3O4. The van der Waals surface area contributed by atoms with Crippen LogP contribution in [0, 0.1) is 11.3 Å². The van der Waals surface area contributed by atoms with Gasteiger partial charge >= 0.3 is 0 Å². The Hall–Kier alpha value is -3.66. The summed E-state index contributed by atoms with van der Waals surface area (Å²) in [5.74, 6) is -0.904. The topological polar surface area (TPSA) is 99.5 Å². The predicted octanol–water partition coefficient (Wildman–Crippen LogP) is 1.80.